The zero-order valence-electron chi connectivity index (χ0n) is 4.80. The molecule has 0 spiro atoms. The first-order valence-corrected chi connectivity index (χ1v) is 2.37. The van der Waals surface area contributed by atoms with Gasteiger partial charge in [0.15, 0.2) is 5.69 Å². The van der Waals surface area contributed by atoms with E-state index in [9.17, 15) is 4.79 Å². The molecule has 0 unspecified atom stereocenters. The highest BCUT2D eigenvalue weighted by molar-refractivity contribution is 5.86. The number of rotatable bonds is 1. The molecule has 9 heavy (non-hydrogen) atoms. The average molecular weight is 125 g/mol. The number of aromatic nitrogens is 2. The Morgan fingerprint density at radius 2 is 2.56 bits per heavy atom. The molecule has 1 rings (SSSR count). The summed E-state index contributed by atoms with van der Waals surface area (Å²) in [5.74, 6) is -1.02. The van der Waals surface area contributed by atoms with Crippen molar-refractivity contribution in [1.82, 2.24) is 10.2 Å². The molecule has 1 radical (unpaired) electrons. The summed E-state index contributed by atoms with van der Waals surface area (Å²) in [4.78, 5) is 10.2. The molecule has 0 fully saturated rings. The molecule has 4 heteroatoms. The normalized spacial score (nSPS) is 9.44. The molecule has 1 aromatic heterocycles. The second-order valence-corrected chi connectivity index (χ2v) is 1.63. The summed E-state index contributed by atoms with van der Waals surface area (Å²) in [5, 5.41) is 14.1. The maximum absolute atomic E-state index is 10.2. The first kappa shape index (κ1) is 5.81. The van der Waals surface area contributed by atoms with Crippen LogP contribution in [-0.2, 0) is 0 Å². The molecular weight excluding hydrogens is 120 g/mol. The van der Waals surface area contributed by atoms with Gasteiger partial charge in [-0.3, -0.25) is 5.10 Å². The molecular formula is C5H5N2O2. The van der Waals surface area contributed by atoms with Crippen molar-refractivity contribution in [1.29, 1.82) is 0 Å². The zero-order chi connectivity index (χ0) is 6.85. The van der Waals surface area contributed by atoms with Crippen LogP contribution in [0.25, 0.3) is 0 Å². The lowest BCUT2D eigenvalue weighted by Crippen LogP contribution is -1.98. The van der Waals surface area contributed by atoms with Crippen LogP contribution in [0.4, 0.5) is 0 Å². The van der Waals surface area contributed by atoms with E-state index in [4.69, 9.17) is 5.11 Å². The summed E-state index contributed by atoms with van der Waals surface area (Å²) in [6.45, 7) is 1.63. The third-order valence-electron chi connectivity index (χ3n) is 0.969. The molecule has 2 N–H and O–H groups in total. The second-order valence-electron chi connectivity index (χ2n) is 1.63. The molecule has 1 aromatic rings. The summed E-state index contributed by atoms with van der Waals surface area (Å²) < 4.78 is 0. The Kier molecular flexibility index (Phi) is 1.22. The van der Waals surface area contributed by atoms with Crippen molar-refractivity contribution < 1.29 is 9.90 Å². The summed E-state index contributed by atoms with van der Waals surface area (Å²) in [5.41, 5.74) is 0.567. The molecule has 0 aliphatic carbocycles. The Hall–Kier alpha value is -1.32. The first-order chi connectivity index (χ1) is 4.22. The van der Waals surface area contributed by atoms with E-state index in [-0.39, 0.29) is 5.69 Å². The van der Waals surface area contributed by atoms with Crippen molar-refractivity contribution in [2.24, 2.45) is 0 Å². The van der Waals surface area contributed by atoms with Crippen molar-refractivity contribution in [2.75, 3.05) is 0 Å². The first-order valence-electron chi connectivity index (χ1n) is 2.37. The van der Waals surface area contributed by atoms with Gasteiger partial charge in [0, 0.05) is 5.56 Å². The summed E-state index contributed by atoms with van der Waals surface area (Å²) in [7, 11) is 0. The Morgan fingerprint density at radius 1 is 1.89 bits per heavy atom. The number of nitrogens with one attached hydrogen (secondary N) is 1. The predicted octanol–water partition coefficient (Wildman–Crippen LogP) is 0.217. The van der Waals surface area contributed by atoms with Gasteiger partial charge in [0.05, 0.1) is 6.20 Å². The van der Waals surface area contributed by atoms with Gasteiger partial charge >= 0.3 is 5.97 Å². The topological polar surface area (TPSA) is 66.0 Å². The molecule has 0 saturated carbocycles. The highest BCUT2D eigenvalue weighted by Crippen LogP contribution is 1.99. The van der Waals surface area contributed by atoms with Gasteiger partial charge in [0.1, 0.15) is 0 Å². The van der Waals surface area contributed by atoms with Gasteiger partial charge in [-0.2, -0.15) is 5.10 Å². The van der Waals surface area contributed by atoms with E-state index in [0.717, 1.165) is 0 Å². The molecule has 0 saturated heterocycles. The van der Waals surface area contributed by atoms with Crippen LogP contribution >= 0.6 is 0 Å². The number of H-pyrrole nitrogens is 1. The van der Waals surface area contributed by atoms with Crippen molar-refractivity contribution in [2.45, 2.75) is 6.92 Å². The fourth-order valence-electron chi connectivity index (χ4n) is 0.519. The molecule has 1 heterocycles. The Morgan fingerprint density at radius 3 is 2.78 bits per heavy atom. The lowest BCUT2D eigenvalue weighted by Gasteiger charge is -1.83. The van der Waals surface area contributed by atoms with Crippen molar-refractivity contribution >= 4 is 5.97 Å². The zero-order valence-corrected chi connectivity index (χ0v) is 4.80. The van der Waals surface area contributed by atoms with E-state index >= 15 is 0 Å². The summed E-state index contributed by atoms with van der Waals surface area (Å²) >= 11 is 0. The number of aryl methyl sites for hydroxylation is 1. The van der Waals surface area contributed by atoms with Gasteiger partial charge in [0.2, 0.25) is 0 Å². The van der Waals surface area contributed by atoms with Crippen molar-refractivity contribution in [3.05, 3.63) is 17.5 Å². The van der Waals surface area contributed by atoms with Crippen LogP contribution < -0.4 is 0 Å². The summed E-state index contributed by atoms with van der Waals surface area (Å²) in [6, 6.07) is 0. The number of hydrogen-bond acceptors (Lipinski definition) is 2. The number of carboxylic acid groups (broad SMARTS) is 1. The van der Waals surface area contributed by atoms with Crippen LogP contribution in [0, 0.1) is 13.1 Å². The number of aromatic carboxylic acids is 1. The second kappa shape index (κ2) is 1.89. The van der Waals surface area contributed by atoms with Crippen LogP contribution in [0.2, 0.25) is 0 Å². The van der Waals surface area contributed by atoms with Gasteiger partial charge in [0.25, 0.3) is 0 Å². The maximum atomic E-state index is 10.2. The SMILES string of the molecule is Cc1[c][nH]nc1C(=O)O. The lowest BCUT2D eigenvalue weighted by atomic mass is 10.3. The summed E-state index contributed by atoms with van der Waals surface area (Å²) in [6.07, 6.45) is 2.53. The van der Waals surface area contributed by atoms with E-state index in [1.54, 1.807) is 6.92 Å². The number of aromatic amines is 1. The van der Waals surface area contributed by atoms with E-state index in [1.807, 2.05) is 0 Å². The van der Waals surface area contributed by atoms with Gasteiger partial charge < -0.3 is 5.11 Å². The molecule has 0 bridgehead atoms. The standard InChI is InChI=1S/C5H5N2O2/c1-3-2-6-7-4(3)5(8)9/h1H3,(H,6,7)(H,8,9). The fraction of sp³-hybridized carbons (Fsp3) is 0.200. The van der Waals surface area contributed by atoms with Gasteiger partial charge in [-0.15, -0.1) is 0 Å². The smallest absolute Gasteiger partial charge is 0.356 e. The minimum absolute atomic E-state index is 0.0370. The lowest BCUT2D eigenvalue weighted by molar-refractivity contribution is 0.0689. The third-order valence-corrected chi connectivity index (χ3v) is 0.969. The monoisotopic (exact) mass is 125 g/mol. The number of carboxylic acids is 1. The van der Waals surface area contributed by atoms with Gasteiger partial charge in [-0.05, 0) is 6.92 Å². The maximum Gasteiger partial charge on any atom is 0.356 e. The van der Waals surface area contributed by atoms with Crippen molar-refractivity contribution in [3.63, 3.8) is 0 Å². The minimum atomic E-state index is -1.02. The molecule has 4 nitrogen and oxygen atoms in total. The van der Waals surface area contributed by atoms with E-state index in [2.05, 4.69) is 16.4 Å². The van der Waals surface area contributed by atoms with E-state index in [1.165, 1.54) is 0 Å². The number of hydrogen-bond donors (Lipinski definition) is 2. The highest BCUT2D eigenvalue weighted by Gasteiger charge is 2.08. The van der Waals surface area contributed by atoms with Gasteiger partial charge in [-0.25, -0.2) is 4.79 Å². The molecule has 47 valence electrons. The van der Waals surface area contributed by atoms with Crippen LogP contribution in [0.15, 0.2) is 0 Å². The third kappa shape index (κ3) is 0.910. The van der Waals surface area contributed by atoms with E-state index in [0.29, 0.717) is 5.56 Å². The van der Waals surface area contributed by atoms with Crippen LogP contribution in [0.1, 0.15) is 16.1 Å². The van der Waals surface area contributed by atoms with Crippen LogP contribution in [0.3, 0.4) is 0 Å². The average Bonchev–Trinajstić information content (AvgIpc) is 2.13. The van der Waals surface area contributed by atoms with Crippen molar-refractivity contribution in [3.8, 4) is 0 Å². The Balaban J connectivity index is 3.08. The predicted molar refractivity (Wildman–Crippen MR) is 29.1 cm³/mol. The molecule has 0 aliphatic heterocycles. The van der Waals surface area contributed by atoms with E-state index < -0.39 is 5.97 Å². The highest BCUT2D eigenvalue weighted by atomic mass is 16.4. The molecule has 0 aromatic carbocycles. The molecule has 0 atom stereocenters. The Labute approximate surface area is 51.5 Å². The van der Waals surface area contributed by atoms with Crippen LogP contribution in [0.5, 0.6) is 0 Å². The fourth-order valence-corrected chi connectivity index (χ4v) is 0.519. The quantitative estimate of drug-likeness (QED) is 0.564. The number of nitrogens with zero attached hydrogens (tertiary/aromatic N) is 1. The molecule has 0 amide bonds. The van der Waals surface area contributed by atoms with Crippen LogP contribution in [-0.4, -0.2) is 21.3 Å². The minimum Gasteiger partial charge on any atom is -0.476 e. The van der Waals surface area contributed by atoms with Gasteiger partial charge in [-0.1, -0.05) is 0 Å². The molecule has 0 aliphatic rings. The Bertz CT molecular complexity index is 229. The largest absolute Gasteiger partial charge is 0.476 e. The number of carbonyl (C=O) groups is 1.